The van der Waals surface area contributed by atoms with Gasteiger partial charge < -0.3 is 4.74 Å². The number of esters is 1. The van der Waals surface area contributed by atoms with Crippen molar-refractivity contribution in [1.29, 1.82) is 0 Å². The van der Waals surface area contributed by atoms with Crippen molar-refractivity contribution in [3.8, 4) is 5.69 Å². The molecule has 7 nitrogen and oxygen atoms in total. The molecule has 0 amide bonds. The number of halogens is 4. The van der Waals surface area contributed by atoms with Gasteiger partial charge in [0.15, 0.2) is 0 Å². The number of nitrogens with zero attached hydrogens (tertiary/aromatic N) is 4. The van der Waals surface area contributed by atoms with Crippen LogP contribution in [0.4, 0.5) is 13.2 Å². The van der Waals surface area contributed by atoms with Crippen molar-refractivity contribution in [1.82, 2.24) is 19.8 Å². The number of aromatic nitrogens is 4. The monoisotopic (exact) mass is 452 g/mol. The van der Waals surface area contributed by atoms with Crippen LogP contribution in [0.3, 0.4) is 0 Å². The van der Waals surface area contributed by atoms with Gasteiger partial charge in [-0.15, -0.1) is 0 Å². The summed E-state index contributed by atoms with van der Waals surface area (Å²) in [4.78, 5) is 25.0. The second kappa shape index (κ2) is 9.17. The van der Waals surface area contributed by atoms with E-state index in [0.717, 1.165) is 33.6 Å². The Labute approximate surface area is 179 Å². The minimum atomic E-state index is -4.50. The molecule has 11 heteroatoms. The van der Waals surface area contributed by atoms with E-state index in [4.69, 9.17) is 16.3 Å². The van der Waals surface area contributed by atoms with E-state index in [9.17, 15) is 22.8 Å². The molecule has 0 unspecified atom stereocenters. The van der Waals surface area contributed by atoms with Gasteiger partial charge >= 0.3 is 17.8 Å². The van der Waals surface area contributed by atoms with E-state index >= 15 is 0 Å². The SMILES string of the molecule is CCOC(=O)/C(=C/c1ccc(Cl)cc1)Cn1nnn(-c2ccc(C(F)(F)F)cc2)c1=O. The van der Waals surface area contributed by atoms with Gasteiger partial charge in [-0.1, -0.05) is 23.7 Å². The molecule has 1 heterocycles. The molecule has 3 rings (SSSR count). The zero-order valence-corrected chi connectivity index (χ0v) is 16.9. The Kier molecular flexibility index (Phi) is 6.59. The van der Waals surface area contributed by atoms with Crippen molar-refractivity contribution in [2.75, 3.05) is 6.61 Å². The fourth-order valence-corrected chi connectivity index (χ4v) is 2.77. The van der Waals surface area contributed by atoms with Crippen molar-refractivity contribution < 1.29 is 22.7 Å². The maximum Gasteiger partial charge on any atom is 0.416 e. The molecule has 0 N–H and O–H groups in total. The fourth-order valence-electron chi connectivity index (χ4n) is 2.64. The summed E-state index contributed by atoms with van der Waals surface area (Å²) in [7, 11) is 0. The number of tetrazole rings is 1. The highest BCUT2D eigenvalue weighted by atomic mass is 35.5. The van der Waals surface area contributed by atoms with Crippen LogP contribution in [-0.4, -0.2) is 32.4 Å². The van der Waals surface area contributed by atoms with Crippen molar-refractivity contribution in [2.24, 2.45) is 0 Å². The lowest BCUT2D eigenvalue weighted by molar-refractivity contribution is -0.139. The summed E-state index contributed by atoms with van der Waals surface area (Å²) in [5, 5.41) is 7.94. The zero-order valence-electron chi connectivity index (χ0n) is 16.1. The number of hydrogen-bond acceptors (Lipinski definition) is 5. The van der Waals surface area contributed by atoms with Gasteiger partial charge in [0.05, 0.1) is 30.0 Å². The third kappa shape index (κ3) is 5.40. The Balaban J connectivity index is 1.91. The number of hydrogen-bond donors (Lipinski definition) is 0. The molecule has 0 fully saturated rings. The van der Waals surface area contributed by atoms with E-state index in [2.05, 4.69) is 10.4 Å². The maximum absolute atomic E-state index is 12.7. The first-order chi connectivity index (χ1) is 14.7. The molecule has 0 radical (unpaired) electrons. The topological polar surface area (TPSA) is 79.0 Å². The summed E-state index contributed by atoms with van der Waals surface area (Å²) in [5.74, 6) is -0.645. The van der Waals surface area contributed by atoms with E-state index in [1.807, 2.05) is 0 Å². The summed E-state index contributed by atoms with van der Waals surface area (Å²) in [6.07, 6.45) is -2.97. The lowest BCUT2D eigenvalue weighted by Crippen LogP contribution is -2.26. The largest absolute Gasteiger partial charge is 0.463 e. The van der Waals surface area contributed by atoms with E-state index in [-0.39, 0.29) is 24.4 Å². The molecule has 0 atom stereocenters. The molecule has 162 valence electrons. The van der Waals surface area contributed by atoms with Gasteiger partial charge in [-0.25, -0.2) is 9.59 Å². The Morgan fingerprint density at radius 2 is 1.74 bits per heavy atom. The fraction of sp³-hybridized carbons (Fsp3) is 0.200. The first-order valence-electron chi connectivity index (χ1n) is 9.02. The van der Waals surface area contributed by atoms with Crippen LogP contribution in [0.25, 0.3) is 11.8 Å². The van der Waals surface area contributed by atoms with Gasteiger partial charge in [-0.2, -0.15) is 22.5 Å². The molecule has 0 saturated carbocycles. The van der Waals surface area contributed by atoms with Crippen molar-refractivity contribution in [2.45, 2.75) is 19.6 Å². The zero-order chi connectivity index (χ0) is 22.6. The van der Waals surface area contributed by atoms with Gasteiger partial charge in [0.1, 0.15) is 0 Å². The van der Waals surface area contributed by atoms with Gasteiger partial charge in [0.25, 0.3) is 0 Å². The van der Waals surface area contributed by atoms with Crippen LogP contribution in [0, 0.1) is 0 Å². The standard InChI is InChI=1S/C20H16ClF3N4O3/c1-2-31-18(29)14(11-13-3-7-16(21)8-4-13)12-27-19(30)28(26-25-27)17-9-5-15(6-10-17)20(22,23)24/h3-11H,2,12H2,1H3/b14-11+. The summed E-state index contributed by atoms with van der Waals surface area (Å²) in [6, 6.07) is 10.5. The third-order valence-corrected chi connectivity index (χ3v) is 4.40. The molecule has 31 heavy (non-hydrogen) atoms. The van der Waals surface area contributed by atoms with Crippen LogP contribution in [0.5, 0.6) is 0 Å². The first-order valence-corrected chi connectivity index (χ1v) is 9.40. The highest BCUT2D eigenvalue weighted by molar-refractivity contribution is 6.30. The lowest BCUT2D eigenvalue weighted by Gasteiger charge is -2.07. The molecule has 0 aliphatic heterocycles. The average molecular weight is 453 g/mol. The van der Waals surface area contributed by atoms with Crippen LogP contribution >= 0.6 is 11.6 Å². The van der Waals surface area contributed by atoms with E-state index in [0.29, 0.717) is 10.6 Å². The third-order valence-electron chi connectivity index (χ3n) is 4.15. The van der Waals surface area contributed by atoms with E-state index in [1.165, 1.54) is 6.08 Å². The minimum absolute atomic E-state index is 0.101. The van der Waals surface area contributed by atoms with Crippen LogP contribution in [0.2, 0.25) is 5.02 Å². The van der Waals surface area contributed by atoms with Crippen LogP contribution in [0.15, 0.2) is 58.9 Å². The highest BCUT2D eigenvalue weighted by Gasteiger charge is 2.30. The van der Waals surface area contributed by atoms with Crippen LogP contribution in [-0.2, 0) is 22.3 Å². The number of carbonyl (C=O) groups is 1. The molecule has 3 aromatic rings. The van der Waals surface area contributed by atoms with E-state index < -0.39 is 23.4 Å². The molecule has 0 saturated heterocycles. The van der Waals surface area contributed by atoms with Crippen LogP contribution in [0.1, 0.15) is 18.1 Å². The van der Waals surface area contributed by atoms with Gasteiger partial charge in [-0.05, 0) is 65.4 Å². The van der Waals surface area contributed by atoms with Crippen molar-refractivity contribution >= 4 is 23.6 Å². The second-order valence-electron chi connectivity index (χ2n) is 6.32. The normalized spacial score (nSPS) is 12.1. The highest BCUT2D eigenvalue weighted by Crippen LogP contribution is 2.29. The number of carbonyl (C=O) groups excluding carboxylic acids is 1. The molecule has 0 aliphatic carbocycles. The van der Waals surface area contributed by atoms with Crippen molar-refractivity contribution in [3.05, 3.63) is 80.7 Å². The summed E-state index contributed by atoms with van der Waals surface area (Å²) < 4.78 is 45.0. The molecular formula is C20H16ClF3N4O3. The smallest absolute Gasteiger partial charge is 0.416 e. The lowest BCUT2D eigenvalue weighted by atomic mass is 10.1. The summed E-state index contributed by atoms with van der Waals surface area (Å²) >= 11 is 5.87. The molecule has 0 bridgehead atoms. The molecule has 0 spiro atoms. The Morgan fingerprint density at radius 1 is 1.10 bits per heavy atom. The maximum atomic E-state index is 12.7. The second-order valence-corrected chi connectivity index (χ2v) is 6.75. The van der Waals surface area contributed by atoms with E-state index in [1.54, 1.807) is 31.2 Å². The Bertz CT molecular complexity index is 1150. The quantitative estimate of drug-likeness (QED) is 0.420. The predicted molar refractivity (Wildman–Crippen MR) is 107 cm³/mol. The molecule has 1 aromatic heterocycles. The molecular weight excluding hydrogens is 437 g/mol. The predicted octanol–water partition coefficient (Wildman–Crippen LogP) is 3.75. The van der Waals surface area contributed by atoms with Gasteiger partial charge in [0, 0.05) is 5.02 Å². The number of benzene rings is 2. The van der Waals surface area contributed by atoms with Gasteiger partial charge in [-0.3, -0.25) is 0 Å². The number of alkyl halides is 3. The Hall–Kier alpha value is -3.40. The summed E-state index contributed by atoms with van der Waals surface area (Å²) in [5.41, 5.74) is -0.705. The average Bonchev–Trinajstić information content (AvgIpc) is 3.09. The minimum Gasteiger partial charge on any atom is -0.463 e. The molecule has 2 aromatic carbocycles. The number of rotatable bonds is 6. The first kappa shape index (κ1) is 22.3. The van der Waals surface area contributed by atoms with Gasteiger partial charge in [0.2, 0.25) is 0 Å². The molecule has 0 aliphatic rings. The Morgan fingerprint density at radius 3 is 2.32 bits per heavy atom. The van der Waals surface area contributed by atoms with Crippen molar-refractivity contribution in [3.63, 3.8) is 0 Å². The van der Waals surface area contributed by atoms with Crippen LogP contribution < -0.4 is 5.69 Å². The summed E-state index contributed by atoms with van der Waals surface area (Å²) in [6.45, 7) is 1.52. The number of ether oxygens (including phenoxy) is 1.